The standard InChI is InChI=1S/C18H33NO/c20-19-14-13-16-9-5-2-1-3-7-11-17-15-18(17)12-8-4-6-10-16/h16-18H,1-15H2/t16-,17-,18?/m0/s1. The molecule has 3 atom stereocenters. The van der Waals surface area contributed by atoms with E-state index in [9.17, 15) is 4.91 Å². The summed E-state index contributed by atoms with van der Waals surface area (Å²) < 4.78 is 0. The molecule has 20 heavy (non-hydrogen) atoms. The first-order valence-electron chi connectivity index (χ1n) is 9.19. The fourth-order valence-electron chi connectivity index (χ4n) is 4.07. The zero-order valence-corrected chi connectivity index (χ0v) is 13.2. The van der Waals surface area contributed by atoms with E-state index in [-0.39, 0.29) is 0 Å². The highest BCUT2D eigenvalue weighted by molar-refractivity contribution is 4.85. The highest BCUT2D eigenvalue weighted by atomic mass is 16.3. The predicted molar refractivity (Wildman–Crippen MR) is 85.8 cm³/mol. The highest BCUT2D eigenvalue weighted by Gasteiger charge is 2.35. The zero-order valence-electron chi connectivity index (χ0n) is 13.2. The molecule has 2 saturated carbocycles. The van der Waals surface area contributed by atoms with E-state index in [0.717, 1.165) is 24.2 Å². The molecule has 0 aromatic heterocycles. The summed E-state index contributed by atoms with van der Waals surface area (Å²) in [5, 5.41) is 3.06. The lowest BCUT2D eigenvalue weighted by Gasteiger charge is -2.15. The highest BCUT2D eigenvalue weighted by Crippen LogP contribution is 2.45. The Labute approximate surface area is 125 Å². The van der Waals surface area contributed by atoms with E-state index < -0.39 is 0 Å². The molecular formula is C18H33NO. The van der Waals surface area contributed by atoms with Crippen LogP contribution in [0, 0.1) is 22.7 Å². The van der Waals surface area contributed by atoms with Gasteiger partial charge in [-0.25, -0.2) is 0 Å². The molecule has 116 valence electrons. The van der Waals surface area contributed by atoms with Crippen molar-refractivity contribution in [2.45, 2.75) is 89.9 Å². The summed E-state index contributed by atoms with van der Waals surface area (Å²) in [5.74, 6) is 2.97. The quantitative estimate of drug-likeness (QED) is 0.575. The minimum absolute atomic E-state index is 0.536. The van der Waals surface area contributed by atoms with Gasteiger partial charge in [-0.2, -0.15) is 4.91 Å². The molecule has 2 nitrogen and oxygen atoms in total. The first-order chi connectivity index (χ1) is 9.90. The molecule has 0 bridgehead atoms. The average molecular weight is 279 g/mol. The lowest BCUT2D eigenvalue weighted by atomic mass is 9.91. The minimum Gasteiger partial charge on any atom is -0.151 e. The number of hydrogen-bond acceptors (Lipinski definition) is 2. The third kappa shape index (κ3) is 6.37. The summed E-state index contributed by atoms with van der Waals surface area (Å²) in [6.45, 7) is 0.536. The lowest BCUT2D eigenvalue weighted by molar-refractivity contribution is 0.385. The summed E-state index contributed by atoms with van der Waals surface area (Å²) in [7, 11) is 0. The molecule has 0 radical (unpaired) electrons. The Morgan fingerprint density at radius 1 is 0.700 bits per heavy atom. The molecule has 0 N–H and O–H groups in total. The van der Waals surface area contributed by atoms with Crippen LogP contribution in [0.15, 0.2) is 5.18 Å². The van der Waals surface area contributed by atoms with E-state index in [0.29, 0.717) is 6.54 Å². The molecule has 0 aliphatic heterocycles. The second kappa shape index (κ2) is 9.52. The van der Waals surface area contributed by atoms with E-state index >= 15 is 0 Å². The van der Waals surface area contributed by atoms with Crippen molar-refractivity contribution in [3.05, 3.63) is 4.91 Å². The Morgan fingerprint density at radius 3 is 1.80 bits per heavy atom. The van der Waals surface area contributed by atoms with Gasteiger partial charge < -0.3 is 0 Å². The van der Waals surface area contributed by atoms with E-state index in [1.165, 1.54) is 83.5 Å². The lowest BCUT2D eigenvalue weighted by Crippen LogP contribution is -2.03. The molecular weight excluding hydrogens is 246 g/mol. The van der Waals surface area contributed by atoms with E-state index in [1.54, 1.807) is 0 Å². The molecule has 0 saturated heterocycles. The SMILES string of the molecule is O=NCC[C@H]1CCCCCCC[C@H]2CC2CCCCC1. The smallest absolute Gasteiger partial charge is 0.0813 e. The number of rotatable bonds is 3. The number of hydrogen-bond donors (Lipinski definition) is 0. The normalized spacial score (nSPS) is 33.5. The molecule has 2 aliphatic carbocycles. The molecule has 0 spiro atoms. The molecule has 0 amide bonds. The first-order valence-corrected chi connectivity index (χ1v) is 9.19. The maximum absolute atomic E-state index is 10.3. The predicted octanol–water partition coefficient (Wildman–Crippen LogP) is 6.09. The summed E-state index contributed by atoms with van der Waals surface area (Å²) in [6, 6.07) is 0. The Balaban J connectivity index is 1.68. The Hall–Kier alpha value is -0.400. The second-order valence-electron chi connectivity index (χ2n) is 7.25. The summed E-state index contributed by atoms with van der Waals surface area (Å²) in [5.41, 5.74) is 0. The Morgan fingerprint density at radius 2 is 1.20 bits per heavy atom. The van der Waals surface area contributed by atoms with Crippen LogP contribution in [0.5, 0.6) is 0 Å². The van der Waals surface area contributed by atoms with Crippen LogP contribution >= 0.6 is 0 Å². The van der Waals surface area contributed by atoms with Gasteiger partial charge in [0.2, 0.25) is 0 Å². The van der Waals surface area contributed by atoms with Gasteiger partial charge in [0.05, 0.1) is 6.54 Å². The van der Waals surface area contributed by atoms with Crippen LogP contribution in [-0.4, -0.2) is 6.54 Å². The molecule has 2 fully saturated rings. The van der Waals surface area contributed by atoms with Gasteiger partial charge in [-0.05, 0) is 30.6 Å². The summed E-state index contributed by atoms with van der Waals surface area (Å²) >= 11 is 0. The van der Waals surface area contributed by atoms with Gasteiger partial charge in [0, 0.05) is 0 Å². The molecule has 2 aliphatic rings. The van der Waals surface area contributed by atoms with Gasteiger partial charge >= 0.3 is 0 Å². The first kappa shape index (κ1) is 16.0. The van der Waals surface area contributed by atoms with Gasteiger partial charge in [-0.15, -0.1) is 0 Å². The molecule has 0 aromatic carbocycles. The molecule has 0 heterocycles. The van der Waals surface area contributed by atoms with E-state index in [1.807, 2.05) is 0 Å². The van der Waals surface area contributed by atoms with Crippen LogP contribution in [0.2, 0.25) is 0 Å². The van der Waals surface area contributed by atoms with Crippen LogP contribution in [-0.2, 0) is 0 Å². The van der Waals surface area contributed by atoms with Crippen molar-refractivity contribution in [2.75, 3.05) is 6.54 Å². The van der Waals surface area contributed by atoms with Gasteiger partial charge in [0.25, 0.3) is 0 Å². The van der Waals surface area contributed by atoms with Crippen molar-refractivity contribution < 1.29 is 0 Å². The summed E-state index contributed by atoms with van der Waals surface area (Å²) in [4.78, 5) is 10.3. The third-order valence-electron chi connectivity index (χ3n) is 5.57. The number of nitroso groups, excluding NO2 is 1. The molecule has 1 unspecified atom stereocenters. The Kier molecular flexibility index (Phi) is 7.61. The van der Waals surface area contributed by atoms with Crippen molar-refractivity contribution >= 4 is 0 Å². The maximum atomic E-state index is 10.3. The van der Waals surface area contributed by atoms with Crippen molar-refractivity contribution in [1.82, 2.24) is 0 Å². The van der Waals surface area contributed by atoms with Crippen molar-refractivity contribution in [1.29, 1.82) is 0 Å². The van der Waals surface area contributed by atoms with Crippen LogP contribution in [0.1, 0.15) is 89.9 Å². The van der Waals surface area contributed by atoms with Crippen LogP contribution in [0.25, 0.3) is 0 Å². The second-order valence-corrected chi connectivity index (χ2v) is 7.25. The van der Waals surface area contributed by atoms with Crippen molar-refractivity contribution in [2.24, 2.45) is 22.9 Å². The van der Waals surface area contributed by atoms with Crippen molar-refractivity contribution in [3.63, 3.8) is 0 Å². The maximum Gasteiger partial charge on any atom is 0.0813 e. The fraction of sp³-hybridized carbons (Fsp3) is 1.00. The Bertz CT molecular complexity index is 266. The van der Waals surface area contributed by atoms with Gasteiger partial charge in [0.15, 0.2) is 0 Å². The largest absolute Gasteiger partial charge is 0.151 e. The van der Waals surface area contributed by atoms with Gasteiger partial charge in [0.1, 0.15) is 0 Å². The van der Waals surface area contributed by atoms with Crippen LogP contribution in [0.3, 0.4) is 0 Å². The summed E-state index contributed by atoms with van der Waals surface area (Å²) in [6.07, 6.45) is 19.6. The van der Waals surface area contributed by atoms with E-state index in [4.69, 9.17) is 0 Å². The fourth-order valence-corrected chi connectivity index (χ4v) is 4.07. The van der Waals surface area contributed by atoms with Crippen LogP contribution < -0.4 is 0 Å². The number of fused-ring (bicyclic) bond motifs is 1. The van der Waals surface area contributed by atoms with Gasteiger partial charge in [-0.1, -0.05) is 82.2 Å². The monoisotopic (exact) mass is 279 g/mol. The molecule has 0 aromatic rings. The topological polar surface area (TPSA) is 29.4 Å². The minimum atomic E-state index is 0.536. The number of nitrogens with zero attached hydrogens (tertiary/aromatic N) is 1. The van der Waals surface area contributed by atoms with Crippen molar-refractivity contribution in [3.8, 4) is 0 Å². The molecule has 2 rings (SSSR count). The molecule has 2 heteroatoms. The van der Waals surface area contributed by atoms with Crippen LogP contribution in [0.4, 0.5) is 0 Å². The van der Waals surface area contributed by atoms with Gasteiger partial charge in [-0.3, -0.25) is 0 Å². The third-order valence-corrected chi connectivity index (χ3v) is 5.57. The zero-order chi connectivity index (χ0) is 14.0. The van der Waals surface area contributed by atoms with E-state index in [2.05, 4.69) is 5.18 Å². The average Bonchev–Trinajstić information content (AvgIpc) is 3.19.